The maximum Gasteiger partial charge on any atom is 0.131 e. The van der Waals surface area contributed by atoms with Crippen molar-refractivity contribution < 1.29 is 9.13 Å². The summed E-state index contributed by atoms with van der Waals surface area (Å²) in [7, 11) is 0. The first-order chi connectivity index (χ1) is 14.1. The summed E-state index contributed by atoms with van der Waals surface area (Å²) in [4.78, 5) is 4.36. The van der Waals surface area contributed by atoms with Crippen LogP contribution in [0.2, 0.25) is 0 Å². The predicted octanol–water partition coefficient (Wildman–Crippen LogP) is 7.40. The molecule has 0 saturated carbocycles. The van der Waals surface area contributed by atoms with E-state index in [1.54, 1.807) is 12.3 Å². The SMILES string of the molecule is C=CCc1ccc(-c2ccc(C=CCCCC(C)OCCCCC)cc2F)cn1. The van der Waals surface area contributed by atoms with Gasteiger partial charge >= 0.3 is 0 Å². The van der Waals surface area contributed by atoms with Crippen LogP contribution in [0.15, 0.2) is 55.3 Å². The van der Waals surface area contributed by atoms with Gasteiger partial charge in [0.15, 0.2) is 0 Å². The summed E-state index contributed by atoms with van der Waals surface area (Å²) in [6.07, 6.45) is 15.4. The lowest BCUT2D eigenvalue weighted by Crippen LogP contribution is -2.08. The van der Waals surface area contributed by atoms with Gasteiger partial charge in [-0.15, -0.1) is 6.58 Å². The molecule has 2 rings (SSSR count). The fourth-order valence-corrected chi connectivity index (χ4v) is 3.18. The van der Waals surface area contributed by atoms with Crippen molar-refractivity contribution in [3.05, 3.63) is 72.3 Å². The zero-order valence-corrected chi connectivity index (χ0v) is 17.9. The molecule has 29 heavy (non-hydrogen) atoms. The number of pyridine rings is 1. The molecule has 2 aromatic rings. The van der Waals surface area contributed by atoms with Gasteiger partial charge in [0.05, 0.1) is 6.10 Å². The molecule has 0 amide bonds. The number of halogens is 1. The molecule has 2 nitrogen and oxygen atoms in total. The Hall–Kier alpha value is -2.26. The van der Waals surface area contributed by atoms with Crippen LogP contribution >= 0.6 is 0 Å². The molecular weight excluding hydrogens is 361 g/mol. The Morgan fingerprint density at radius 1 is 1.17 bits per heavy atom. The minimum absolute atomic E-state index is 0.223. The molecule has 0 aliphatic carbocycles. The van der Waals surface area contributed by atoms with E-state index in [0.29, 0.717) is 11.7 Å². The van der Waals surface area contributed by atoms with Gasteiger partial charge in [0.25, 0.3) is 0 Å². The summed E-state index contributed by atoms with van der Waals surface area (Å²) in [5.74, 6) is -0.223. The average Bonchev–Trinajstić information content (AvgIpc) is 2.72. The molecule has 1 unspecified atom stereocenters. The number of hydrogen-bond donors (Lipinski definition) is 0. The minimum atomic E-state index is -0.223. The fourth-order valence-electron chi connectivity index (χ4n) is 3.18. The Bertz CT molecular complexity index is 767. The Kier molecular flexibility index (Phi) is 10.4. The smallest absolute Gasteiger partial charge is 0.131 e. The zero-order chi connectivity index (χ0) is 20.9. The third-order valence-corrected chi connectivity index (χ3v) is 4.92. The monoisotopic (exact) mass is 395 g/mol. The van der Waals surface area contributed by atoms with Crippen molar-refractivity contribution in [1.29, 1.82) is 0 Å². The number of hydrogen-bond acceptors (Lipinski definition) is 2. The third-order valence-electron chi connectivity index (χ3n) is 4.92. The van der Waals surface area contributed by atoms with Crippen molar-refractivity contribution in [2.45, 2.75) is 64.9 Å². The van der Waals surface area contributed by atoms with Crippen molar-refractivity contribution in [3.63, 3.8) is 0 Å². The summed E-state index contributed by atoms with van der Waals surface area (Å²) in [6, 6.07) is 9.18. The topological polar surface area (TPSA) is 22.1 Å². The van der Waals surface area contributed by atoms with E-state index in [4.69, 9.17) is 4.74 Å². The summed E-state index contributed by atoms with van der Waals surface area (Å²) in [5, 5.41) is 0. The molecule has 0 saturated heterocycles. The second kappa shape index (κ2) is 13.1. The van der Waals surface area contributed by atoms with Crippen LogP contribution in [0.4, 0.5) is 4.39 Å². The Morgan fingerprint density at radius 3 is 2.72 bits per heavy atom. The Balaban J connectivity index is 1.80. The van der Waals surface area contributed by atoms with Gasteiger partial charge in [-0.1, -0.05) is 56.2 Å². The van der Waals surface area contributed by atoms with Gasteiger partial charge in [-0.05, 0) is 50.3 Å². The summed E-state index contributed by atoms with van der Waals surface area (Å²) >= 11 is 0. The molecule has 156 valence electrons. The highest BCUT2D eigenvalue weighted by molar-refractivity contribution is 5.65. The maximum absolute atomic E-state index is 14.5. The molecule has 3 heteroatoms. The number of allylic oxidation sites excluding steroid dienone is 2. The van der Waals surface area contributed by atoms with Gasteiger partial charge < -0.3 is 4.74 Å². The van der Waals surface area contributed by atoms with Crippen molar-refractivity contribution in [2.75, 3.05) is 6.61 Å². The highest BCUT2D eigenvalue weighted by Crippen LogP contribution is 2.24. The minimum Gasteiger partial charge on any atom is -0.379 e. The average molecular weight is 396 g/mol. The Morgan fingerprint density at radius 2 is 2.03 bits per heavy atom. The highest BCUT2D eigenvalue weighted by atomic mass is 19.1. The van der Waals surface area contributed by atoms with Crippen LogP contribution in [0.5, 0.6) is 0 Å². The van der Waals surface area contributed by atoms with Crippen LogP contribution in [0.1, 0.15) is 63.6 Å². The molecular formula is C26H34FNO. The first-order valence-electron chi connectivity index (χ1n) is 10.8. The number of nitrogens with zero attached hydrogens (tertiary/aromatic N) is 1. The van der Waals surface area contributed by atoms with Crippen LogP contribution < -0.4 is 0 Å². The molecule has 1 aromatic heterocycles. The van der Waals surface area contributed by atoms with E-state index in [1.807, 2.05) is 36.4 Å². The zero-order valence-electron chi connectivity index (χ0n) is 17.9. The quantitative estimate of drug-likeness (QED) is 0.260. The molecule has 1 aromatic carbocycles. The van der Waals surface area contributed by atoms with E-state index in [-0.39, 0.29) is 5.82 Å². The molecule has 0 fully saturated rings. The van der Waals surface area contributed by atoms with E-state index in [1.165, 1.54) is 12.8 Å². The molecule has 1 heterocycles. The molecule has 0 radical (unpaired) electrons. The highest BCUT2D eigenvalue weighted by Gasteiger charge is 2.06. The molecule has 0 aliphatic rings. The lowest BCUT2D eigenvalue weighted by molar-refractivity contribution is 0.0566. The van der Waals surface area contributed by atoms with Gasteiger partial charge in [0, 0.05) is 36.0 Å². The number of unbranched alkanes of at least 4 members (excludes halogenated alkanes) is 3. The molecule has 0 N–H and O–H groups in total. The summed E-state index contributed by atoms with van der Waals surface area (Å²) in [6.45, 7) is 8.92. The first kappa shape index (κ1) is 23.0. The maximum atomic E-state index is 14.5. The number of ether oxygens (including phenoxy) is 1. The van der Waals surface area contributed by atoms with Gasteiger partial charge in [-0.3, -0.25) is 4.98 Å². The van der Waals surface area contributed by atoms with Gasteiger partial charge in [0.1, 0.15) is 5.82 Å². The van der Waals surface area contributed by atoms with E-state index in [0.717, 1.165) is 55.5 Å². The van der Waals surface area contributed by atoms with Crippen LogP contribution in [0.3, 0.4) is 0 Å². The summed E-state index contributed by atoms with van der Waals surface area (Å²) < 4.78 is 20.4. The second-order valence-electron chi connectivity index (χ2n) is 7.49. The van der Waals surface area contributed by atoms with Crippen LogP contribution in [-0.4, -0.2) is 17.7 Å². The van der Waals surface area contributed by atoms with Crippen molar-refractivity contribution >= 4 is 6.08 Å². The molecule has 1 atom stereocenters. The van der Waals surface area contributed by atoms with Crippen molar-refractivity contribution in [2.24, 2.45) is 0 Å². The van der Waals surface area contributed by atoms with E-state index in [9.17, 15) is 4.39 Å². The van der Waals surface area contributed by atoms with E-state index >= 15 is 0 Å². The Labute approximate surface area is 175 Å². The predicted molar refractivity (Wildman–Crippen MR) is 121 cm³/mol. The third kappa shape index (κ3) is 8.33. The van der Waals surface area contributed by atoms with Crippen LogP contribution in [-0.2, 0) is 11.2 Å². The normalized spacial score (nSPS) is 12.4. The van der Waals surface area contributed by atoms with E-state index < -0.39 is 0 Å². The lowest BCUT2D eigenvalue weighted by atomic mass is 10.0. The van der Waals surface area contributed by atoms with Crippen LogP contribution in [0, 0.1) is 5.82 Å². The number of aromatic nitrogens is 1. The standard InChI is InChI=1S/C26H34FNO/c1-4-6-10-18-29-21(3)12-8-7-9-13-22-14-17-25(26(27)19-22)23-15-16-24(11-5-2)28-20-23/h5,9,13-17,19-21H,2,4,6-8,10-12,18H2,1,3H3. The number of benzene rings is 1. The van der Waals surface area contributed by atoms with Gasteiger partial charge in [0.2, 0.25) is 0 Å². The lowest BCUT2D eigenvalue weighted by Gasteiger charge is -2.12. The van der Waals surface area contributed by atoms with E-state index in [2.05, 4.69) is 31.5 Å². The van der Waals surface area contributed by atoms with Crippen molar-refractivity contribution in [3.8, 4) is 11.1 Å². The number of rotatable bonds is 13. The fraction of sp³-hybridized carbons (Fsp3) is 0.423. The van der Waals surface area contributed by atoms with Crippen molar-refractivity contribution in [1.82, 2.24) is 4.98 Å². The second-order valence-corrected chi connectivity index (χ2v) is 7.49. The summed E-state index contributed by atoms with van der Waals surface area (Å²) in [5.41, 5.74) is 3.18. The molecule has 0 spiro atoms. The van der Waals surface area contributed by atoms with Crippen LogP contribution in [0.25, 0.3) is 17.2 Å². The molecule has 0 aliphatic heterocycles. The largest absolute Gasteiger partial charge is 0.379 e. The van der Waals surface area contributed by atoms with Gasteiger partial charge in [-0.2, -0.15) is 0 Å². The molecule has 0 bridgehead atoms. The first-order valence-corrected chi connectivity index (χ1v) is 10.8. The van der Waals surface area contributed by atoms with Gasteiger partial charge in [-0.25, -0.2) is 4.39 Å².